The van der Waals surface area contributed by atoms with Crippen LogP contribution in [0.25, 0.3) is 89.7 Å². The Balaban J connectivity index is 0.822. The average Bonchev–Trinajstić information content (AvgIpc) is 3.92. The van der Waals surface area contributed by atoms with Gasteiger partial charge in [0.25, 0.3) is 0 Å². The van der Waals surface area contributed by atoms with Crippen molar-refractivity contribution in [1.29, 1.82) is 0 Å². The standard InChI is InChI=1S/C59H40N4/c1-4-14-46(15-5-1)61(50-36-31-45(32-37-50)59-60-53-20-10-11-21-54(53)63(59)48-18-8-3-9-19-48)49-34-27-42(28-35-49)24-23-41-25-29-43(30-26-41)51-39-40-56-58-52(51)38-33-44-13-12-22-55(57(44)58)62(56)47-16-6-2-7-17-47/h1-40H. The SMILES string of the molecule is C(=Cc1ccc(N(c2ccccc2)c2ccc(-c3nc4ccccc4n3-c3ccccc3)cc2)cc1)c1ccc(-c2ccc3c4c2ccc2cccc(c24)n3-c2ccccc2)cc1. The Kier molecular flexibility index (Phi) is 8.79. The molecular formula is C59H40N4. The second-order valence-corrected chi connectivity index (χ2v) is 16.0. The van der Waals surface area contributed by atoms with E-state index in [1.165, 1.54) is 49.4 Å². The summed E-state index contributed by atoms with van der Waals surface area (Å²) < 4.78 is 4.64. The lowest BCUT2D eigenvalue weighted by Crippen LogP contribution is -2.09. The summed E-state index contributed by atoms with van der Waals surface area (Å²) in [4.78, 5) is 7.40. The third kappa shape index (κ3) is 6.36. The molecule has 2 aromatic heterocycles. The highest BCUT2D eigenvalue weighted by Gasteiger charge is 2.20. The highest BCUT2D eigenvalue weighted by atomic mass is 15.1. The van der Waals surface area contributed by atoms with Gasteiger partial charge in [-0.05, 0) is 130 Å². The first-order chi connectivity index (χ1) is 31.2. The van der Waals surface area contributed by atoms with Gasteiger partial charge in [-0.15, -0.1) is 0 Å². The summed E-state index contributed by atoms with van der Waals surface area (Å²) in [5.41, 5.74) is 15.9. The molecule has 12 aromatic rings. The van der Waals surface area contributed by atoms with Gasteiger partial charge in [-0.3, -0.25) is 4.57 Å². The molecule has 0 unspecified atom stereocenters. The smallest absolute Gasteiger partial charge is 0.145 e. The number of hydrogen-bond donors (Lipinski definition) is 0. The number of anilines is 3. The van der Waals surface area contributed by atoms with E-state index < -0.39 is 0 Å². The molecule has 0 aliphatic carbocycles. The molecule has 0 spiro atoms. The predicted octanol–water partition coefficient (Wildman–Crippen LogP) is 15.7. The zero-order valence-electron chi connectivity index (χ0n) is 34.4. The molecule has 2 heterocycles. The van der Waals surface area contributed by atoms with Crippen molar-refractivity contribution >= 4 is 72.8 Å². The van der Waals surface area contributed by atoms with Gasteiger partial charge in [-0.25, -0.2) is 4.98 Å². The van der Waals surface area contributed by atoms with Gasteiger partial charge in [0.15, 0.2) is 0 Å². The van der Waals surface area contributed by atoms with E-state index in [0.29, 0.717) is 0 Å². The van der Waals surface area contributed by atoms with Crippen molar-refractivity contribution in [3.05, 3.63) is 242 Å². The average molecular weight is 805 g/mol. The normalized spacial score (nSPS) is 11.7. The Labute approximate surface area is 365 Å². The fraction of sp³-hybridized carbons (Fsp3) is 0. The third-order valence-corrected chi connectivity index (χ3v) is 12.3. The van der Waals surface area contributed by atoms with E-state index >= 15 is 0 Å². The molecule has 0 amide bonds. The van der Waals surface area contributed by atoms with Crippen LogP contribution in [0.4, 0.5) is 17.1 Å². The number of para-hydroxylation sites is 5. The summed E-state index contributed by atoms with van der Waals surface area (Å²) in [6, 6.07) is 82.3. The van der Waals surface area contributed by atoms with Crippen LogP contribution < -0.4 is 4.90 Å². The maximum absolute atomic E-state index is 5.09. The van der Waals surface area contributed by atoms with Gasteiger partial charge < -0.3 is 9.47 Å². The monoisotopic (exact) mass is 804 g/mol. The quantitative estimate of drug-likeness (QED) is 0.107. The summed E-state index contributed by atoms with van der Waals surface area (Å²) in [7, 11) is 0. The van der Waals surface area contributed by atoms with Crippen LogP contribution in [0.15, 0.2) is 231 Å². The molecule has 12 rings (SSSR count). The van der Waals surface area contributed by atoms with Crippen LogP contribution >= 0.6 is 0 Å². The maximum Gasteiger partial charge on any atom is 0.145 e. The molecule has 296 valence electrons. The maximum atomic E-state index is 5.09. The first-order valence-corrected chi connectivity index (χ1v) is 21.5. The first-order valence-electron chi connectivity index (χ1n) is 21.5. The van der Waals surface area contributed by atoms with E-state index in [-0.39, 0.29) is 0 Å². The summed E-state index contributed by atoms with van der Waals surface area (Å²) >= 11 is 0. The van der Waals surface area contributed by atoms with E-state index in [4.69, 9.17) is 4.98 Å². The van der Waals surface area contributed by atoms with Gasteiger partial charge in [-0.2, -0.15) is 0 Å². The number of rotatable bonds is 9. The van der Waals surface area contributed by atoms with E-state index in [0.717, 1.165) is 56.3 Å². The molecule has 0 aliphatic rings. The van der Waals surface area contributed by atoms with Crippen LogP contribution in [0.3, 0.4) is 0 Å². The highest BCUT2D eigenvalue weighted by molar-refractivity contribution is 6.26. The van der Waals surface area contributed by atoms with Gasteiger partial charge >= 0.3 is 0 Å². The molecule has 0 atom stereocenters. The van der Waals surface area contributed by atoms with Gasteiger partial charge in [0.2, 0.25) is 0 Å². The molecular weight excluding hydrogens is 765 g/mol. The molecule has 10 aromatic carbocycles. The highest BCUT2D eigenvalue weighted by Crippen LogP contribution is 2.43. The zero-order valence-corrected chi connectivity index (χ0v) is 34.4. The number of benzene rings is 10. The van der Waals surface area contributed by atoms with Crippen LogP contribution in [0.2, 0.25) is 0 Å². The van der Waals surface area contributed by atoms with Crippen molar-refractivity contribution in [2.24, 2.45) is 0 Å². The molecule has 0 bridgehead atoms. The Morgan fingerprint density at radius 2 is 0.905 bits per heavy atom. The van der Waals surface area contributed by atoms with Crippen molar-refractivity contribution in [3.8, 4) is 33.9 Å². The third-order valence-electron chi connectivity index (χ3n) is 12.3. The Morgan fingerprint density at radius 3 is 1.60 bits per heavy atom. The Hall–Kier alpha value is -8.47. The summed E-state index contributed by atoms with van der Waals surface area (Å²) in [5, 5.41) is 5.19. The Bertz CT molecular complexity index is 3570. The lowest BCUT2D eigenvalue weighted by atomic mass is 9.94. The van der Waals surface area contributed by atoms with Crippen LogP contribution in [-0.2, 0) is 0 Å². The second kappa shape index (κ2) is 15.2. The topological polar surface area (TPSA) is 26.0 Å². The lowest BCUT2D eigenvalue weighted by Gasteiger charge is -2.25. The molecule has 0 fully saturated rings. The van der Waals surface area contributed by atoms with Crippen LogP contribution in [0, 0.1) is 0 Å². The van der Waals surface area contributed by atoms with E-state index in [1.54, 1.807) is 0 Å². The molecule has 0 radical (unpaired) electrons. The summed E-state index contributed by atoms with van der Waals surface area (Å²) in [6.07, 6.45) is 4.39. The van der Waals surface area contributed by atoms with Gasteiger partial charge in [0.1, 0.15) is 5.82 Å². The molecule has 63 heavy (non-hydrogen) atoms. The number of hydrogen-bond acceptors (Lipinski definition) is 2. The van der Waals surface area contributed by atoms with Gasteiger partial charge in [0.05, 0.1) is 22.1 Å². The van der Waals surface area contributed by atoms with Crippen molar-refractivity contribution in [1.82, 2.24) is 14.1 Å². The lowest BCUT2D eigenvalue weighted by molar-refractivity contribution is 1.10. The number of aromatic nitrogens is 3. The zero-order chi connectivity index (χ0) is 41.7. The van der Waals surface area contributed by atoms with Crippen molar-refractivity contribution < 1.29 is 0 Å². The minimum Gasteiger partial charge on any atom is -0.311 e. The first kappa shape index (κ1) is 36.4. The van der Waals surface area contributed by atoms with E-state index in [2.05, 4.69) is 245 Å². The summed E-state index contributed by atoms with van der Waals surface area (Å²) in [6.45, 7) is 0. The van der Waals surface area contributed by atoms with Crippen LogP contribution in [-0.4, -0.2) is 14.1 Å². The van der Waals surface area contributed by atoms with E-state index in [9.17, 15) is 0 Å². The minimum atomic E-state index is 0.918. The number of imidazole rings is 1. The molecule has 0 saturated heterocycles. The van der Waals surface area contributed by atoms with Crippen molar-refractivity contribution in [2.75, 3.05) is 4.90 Å². The van der Waals surface area contributed by atoms with E-state index in [1.807, 2.05) is 12.1 Å². The fourth-order valence-corrected chi connectivity index (χ4v) is 9.34. The van der Waals surface area contributed by atoms with Gasteiger partial charge in [-0.1, -0.05) is 146 Å². The molecule has 4 nitrogen and oxygen atoms in total. The summed E-state index contributed by atoms with van der Waals surface area (Å²) in [5.74, 6) is 0.918. The van der Waals surface area contributed by atoms with Crippen molar-refractivity contribution in [2.45, 2.75) is 0 Å². The molecule has 0 aliphatic heterocycles. The second-order valence-electron chi connectivity index (χ2n) is 16.0. The number of fused-ring (bicyclic) bond motifs is 1. The molecule has 0 N–H and O–H groups in total. The molecule has 0 saturated carbocycles. The van der Waals surface area contributed by atoms with Crippen LogP contribution in [0.5, 0.6) is 0 Å². The largest absolute Gasteiger partial charge is 0.311 e. The van der Waals surface area contributed by atoms with Crippen molar-refractivity contribution in [3.63, 3.8) is 0 Å². The van der Waals surface area contributed by atoms with Crippen LogP contribution in [0.1, 0.15) is 11.1 Å². The van der Waals surface area contributed by atoms with Gasteiger partial charge in [0, 0.05) is 44.8 Å². The minimum absolute atomic E-state index is 0.918. The molecule has 4 heteroatoms. The predicted molar refractivity (Wildman–Crippen MR) is 265 cm³/mol. The number of nitrogens with zero attached hydrogens (tertiary/aromatic N) is 4. The Morgan fingerprint density at radius 1 is 0.365 bits per heavy atom. The fourth-order valence-electron chi connectivity index (χ4n) is 9.34.